The van der Waals surface area contributed by atoms with Crippen LogP contribution in [0.25, 0.3) is 0 Å². The average molecular weight is 678 g/mol. The minimum absolute atomic E-state index is 0.0384. The highest BCUT2D eigenvalue weighted by Crippen LogP contribution is 2.19. The van der Waals surface area contributed by atoms with Crippen molar-refractivity contribution in [1.82, 2.24) is 14.7 Å². The minimum atomic E-state index is -0.801. The highest BCUT2D eigenvalue weighted by molar-refractivity contribution is 6.18. The highest BCUT2D eigenvalue weighted by Gasteiger charge is 2.19. The lowest BCUT2D eigenvalue weighted by atomic mass is 10.0. The molecule has 0 bridgehead atoms. The molecule has 2 aromatic rings. The van der Waals surface area contributed by atoms with Crippen molar-refractivity contribution < 1.29 is 42.9 Å². The largest absolute Gasteiger partial charge is 0.490 e. The Labute approximate surface area is 282 Å². The second-order valence-corrected chi connectivity index (χ2v) is 12.0. The summed E-state index contributed by atoms with van der Waals surface area (Å²) < 4.78 is 27.8. The molecule has 0 aliphatic heterocycles. The molecule has 2 atom stereocenters. The maximum atomic E-state index is 13.1. The van der Waals surface area contributed by atoms with Crippen LogP contribution in [-0.4, -0.2) is 138 Å². The molecule has 0 fully saturated rings. The number of nitrogens with zero attached hydrogens (tertiary/aromatic N) is 3. The Kier molecular flexibility index (Phi) is 17.8. The van der Waals surface area contributed by atoms with Crippen LogP contribution >= 0.6 is 11.6 Å². The molecule has 2 aromatic carbocycles. The van der Waals surface area contributed by atoms with E-state index in [0.29, 0.717) is 42.3 Å². The summed E-state index contributed by atoms with van der Waals surface area (Å²) >= 11 is 5.95. The Hall–Kier alpha value is -3.71. The van der Waals surface area contributed by atoms with Crippen LogP contribution in [0.2, 0.25) is 0 Å². The zero-order valence-corrected chi connectivity index (χ0v) is 29.0. The number of alkyl halides is 1. The smallest absolute Gasteiger partial charge is 0.307 e. The van der Waals surface area contributed by atoms with Gasteiger partial charge in [0, 0.05) is 30.8 Å². The molecule has 0 radical (unpaired) electrons. The fourth-order valence-corrected chi connectivity index (χ4v) is 4.02. The van der Waals surface area contributed by atoms with Crippen LogP contribution in [0.5, 0.6) is 11.5 Å². The predicted octanol–water partition coefficient (Wildman–Crippen LogP) is 3.14. The fraction of sp³-hybridized carbons (Fsp3) is 0.529. The van der Waals surface area contributed by atoms with E-state index in [2.05, 4.69) is 0 Å². The molecule has 0 amide bonds. The van der Waals surface area contributed by atoms with Crippen LogP contribution in [0.4, 0.5) is 0 Å². The number of ether oxygens (including phenoxy) is 5. The summed E-state index contributed by atoms with van der Waals surface area (Å²) in [6, 6.07) is 13.2. The second kappa shape index (κ2) is 21.2. The van der Waals surface area contributed by atoms with Gasteiger partial charge in [0.25, 0.3) is 0 Å². The van der Waals surface area contributed by atoms with Gasteiger partial charge in [0.15, 0.2) is 11.9 Å². The van der Waals surface area contributed by atoms with E-state index < -0.39 is 24.1 Å². The third kappa shape index (κ3) is 16.6. The van der Waals surface area contributed by atoms with Crippen molar-refractivity contribution >= 4 is 35.3 Å². The number of hydrogen-bond donors (Lipinski definition) is 0. The van der Waals surface area contributed by atoms with Gasteiger partial charge in [-0.3, -0.25) is 19.2 Å². The molecule has 0 heterocycles. The predicted molar refractivity (Wildman–Crippen MR) is 178 cm³/mol. The zero-order chi connectivity index (χ0) is 34.8. The molecule has 0 aliphatic rings. The Morgan fingerprint density at radius 1 is 0.574 bits per heavy atom. The normalized spacial score (nSPS) is 12.5. The van der Waals surface area contributed by atoms with E-state index in [-0.39, 0.29) is 56.7 Å². The first-order valence-corrected chi connectivity index (χ1v) is 15.9. The monoisotopic (exact) mass is 677 g/mol. The number of ketones is 1. The maximum absolute atomic E-state index is 13.1. The first kappa shape index (κ1) is 39.5. The average Bonchev–Trinajstić information content (AvgIpc) is 3.05. The highest BCUT2D eigenvalue weighted by atomic mass is 35.5. The number of rotatable bonds is 22. The van der Waals surface area contributed by atoms with Crippen molar-refractivity contribution in [3.63, 3.8) is 0 Å². The molecule has 0 saturated carbocycles. The summed E-state index contributed by atoms with van der Waals surface area (Å²) in [6.45, 7) is 1.54. The third-order valence-corrected chi connectivity index (χ3v) is 6.94. The van der Waals surface area contributed by atoms with E-state index in [4.69, 9.17) is 35.3 Å². The van der Waals surface area contributed by atoms with Crippen LogP contribution in [0.3, 0.4) is 0 Å². The number of hydrogen-bond acceptors (Lipinski definition) is 12. The van der Waals surface area contributed by atoms with E-state index in [1.54, 1.807) is 48.5 Å². The topological polar surface area (TPSA) is 124 Å². The molecule has 0 saturated heterocycles. The van der Waals surface area contributed by atoms with E-state index in [0.717, 1.165) is 0 Å². The molecular weight excluding hydrogens is 630 g/mol. The lowest BCUT2D eigenvalue weighted by Crippen LogP contribution is -2.32. The lowest BCUT2D eigenvalue weighted by Gasteiger charge is -2.19. The molecule has 0 spiro atoms. The van der Waals surface area contributed by atoms with Crippen molar-refractivity contribution in [3.05, 3.63) is 59.7 Å². The van der Waals surface area contributed by atoms with Gasteiger partial charge in [-0.05, 0) is 90.8 Å². The Balaban J connectivity index is 1.92. The van der Waals surface area contributed by atoms with E-state index in [9.17, 15) is 19.2 Å². The quantitative estimate of drug-likeness (QED) is 0.0787. The molecule has 12 nitrogen and oxygen atoms in total. The van der Waals surface area contributed by atoms with E-state index in [1.165, 1.54) is 0 Å². The van der Waals surface area contributed by atoms with E-state index in [1.807, 2.05) is 57.0 Å². The number of esters is 3. The van der Waals surface area contributed by atoms with Gasteiger partial charge in [-0.25, -0.2) is 0 Å². The molecule has 2 rings (SSSR count). The summed E-state index contributed by atoms with van der Waals surface area (Å²) in [5, 5.41) is 0. The van der Waals surface area contributed by atoms with Gasteiger partial charge >= 0.3 is 17.9 Å². The molecule has 0 aromatic heterocycles. The number of benzene rings is 2. The van der Waals surface area contributed by atoms with E-state index >= 15 is 0 Å². The number of carbonyl (C=O) groups is 4. The molecule has 0 aliphatic carbocycles. The van der Waals surface area contributed by atoms with Crippen molar-refractivity contribution in [2.45, 2.75) is 31.5 Å². The van der Waals surface area contributed by atoms with Crippen LogP contribution in [0.1, 0.15) is 35.2 Å². The fourth-order valence-electron chi connectivity index (χ4n) is 3.87. The zero-order valence-electron chi connectivity index (χ0n) is 28.2. The van der Waals surface area contributed by atoms with Crippen molar-refractivity contribution in [3.8, 4) is 11.5 Å². The minimum Gasteiger partial charge on any atom is -0.490 e. The maximum Gasteiger partial charge on any atom is 0.307 e. The molecular formula is C34H48ClN3O9. The summed E-state index contributed by atoms with van der Waals surface area (Å²) in [5.74, 6) is -0.315. The van der Waals surface area contributed by atoms with Gasteiger partial charge in [-0.1, -0.05) is 0 Å². The van der Waals surface area contributed by atoms with Crippen LogP contribution in [-0.2, 0) is 28.6 Å². The van der Waals surface area contributed by atoms with Gasteiger partial charge in [-0.15, -0.1) is 11.6 Å². The van der Waals surface area contributed by atoms with Crippen LogP contribution in [0, 0.1) is 0 Å². The number of halogens is 1. The van der Waals surface area contributed by atoms with Gasteiger partial charge in [0.05, 0.1) is 25.1 Å². The SMILES string of the molecule is CN(C)CCC(=O)OCC(COc1ccc(C(=O)c2ccc(OCC(CCl)OC(=O)CCN(C)C)cc2)cc1)OC(=O)CCN(C)C. The number of carbonyl (C=O) groups excluding carboxylic acids is 4. The van der Waals surface area contributed by atoms with Crippen molar-refractivity contribution in [1.29, 1.82) is 0 Å². The Bertz CT molecular complexity index is 1250. The summed E-state index contributed by atoms with van der Waals surface area (Å²) in [7, 11) is 11.2. The first-order chi connectivity index (χ1) is 22.4. The van der Waals surface area contributed by atoms with Crippen LogP contribution < -0.4 is 9.47 Å². The summed E-state index contributed by atoms with van der Waals surface area (Å²) in [6.07, 6.45) is -0.745. The lowest BCUT2D eigenvalue weighted by molar-refractivity contribution is -0.161. The van der Waals surface area contributed by atoms with Gasteiger partial charge in [-0.2, -0.15) is 0 Å². The Morgan fingerprint density at radius 2 is 0.957 bits per heavy atom. The van der Waals surface area contributed by atoms with Gasteiger partial charge < -0.3 is 38.4 Å². The van der Waals surface area contributed by atoms with Gasteiger partial charge in [0.2, 0.25) is 0 Å². The Morgan fingerprint density at radius 3 is 1.36 bits per heavy atom. The molecule has 0 N–H and O–H groups in total. The molecule has 260 valence electrons. The first-order valence-electron chi connectivity index (χ1n) is 15.4. The standard InChI is InChI=1S/C34H48ClN3O9/c1-36(2)18-15-31(39)45-24-30(47-33(41)17-20-38(5)6)23-44-28-13-9-26(10-14-28)34(42)25-7-11-27(12-8-25)43-22-29(21-35)46-32(40)16-19-37(3)4/h7-14,29-30H,15-24H2,1-6H3. The molecule has 2 unspecified atom stereocenters. The second-order valence-electron chi connectivity index (χ2n) is 11.7. The summed E-state index contributed by atoms with van der Waals surface area (Å²) in [5.41, 5.74) is 0.898. The van der Waals surface area contributed by atoms with Crippen molar-refractivity contribution in [2.75, 3.05) is 87.6 Å². The van der Waals surface area contributed by atoms with Crippen LogP contribution in [0.15, 0.2) is 48.5 Å². The third-order valence-electron chi connectivity index (χ3n) is 6.59. The molecule has 47 heavy (non-hydrogen) atoms. The van der Waals surface area contributed by atoms with Gasteiger partial charge in [0.1, 0.15) is 37.4 Å². The summed E-state index contributed by atoms with van der Waals surface area (Å²) in [4.78, 5) is 55.2. The molecule has 13 heteroatoms. The van der Waals surface area contributed by atoms with Crippen molar-refractivity contribution in [2.24, 2.45) is 0 Å².